The Bertz CT molecular complexity index is 499. The van der Waals surface area contributed by atoms with Crippen LogP contribution in [-0.4, -0.2) is 18.7 Å². The van der Waals surface area contributed by atoms with E-state index in [1.807, 2.05) is 0 Å². The zero-order valence-electron chi connectivity index (χ0n) is 10.8. The maximum atomic E-state index is 13.8. The molecule has 0 aromatic heterocycles. The number of alkyl halides is 4. The first-order valence-electron chi connectivity index (χ1n) is 5.61. The molecule has 2 atom stereocenters. The maximum Gasteiger partial charge on any atom is 0.416 e. The van der Waals surface area contributed by atoms with E-state index in [2.05, 4.69) is 20.7 Å². The third-order valence-corrected chi connectivity index (χ3v) is 3.23. The highest BCUT2D eigenvalue weighted by Crippen LogP contribution is 2.34. The molecule has 0 fully saturated rings. The summed E-state index contributed by atoms with van der Waals surface area (Å²) >= 11 is 2.99. The molecule has 0 saturated carbocycles. The number of benzene rings is 1. The Morgan fingerprint density at radius 2 is 2.00 bits per heavy atom. The summed E-state index contributed by atoms with van der Waals surface area (Å²) in [6, 6.07) is 1.10. The molecule has 0 radical (unpaired) electrons. The van der Waals surface area contributed by atoms with Gasteiger partial charge in [-0.15, -0.1) is 12.4 Å². The van der Waals surface area contributed by atoms with Crippen LogP contribution in [0.5, 0.6) is 0 Å². The summed E-state index contributed by atoms with van der Waals surface area (Å²) in [5.74, 6) is -1.20. The van der Waals surface area contributed by atoms with Crippen LogP contribution in [0.25, 0.3) is 0 Å². The third-order valence-electron chi connectivity index (χ3n) is 2.51. The van der Waals surface area contributed by atoms with Gasteiger partial charge in [-0.3, -0.25) is 0 Å². The van der Waals surface area contributed by atoms with Gasteiger partial charge in [-0.05, 0) is 30.7 Å². The van der Waals surface area contributed by atoms with E-state index < -0.39 is 29.9 Å². The minimum atomic E-state index is -4.58. The van der Waals surface area contributed by atoms with E-state index in [-0.39, 0.29) is 29.1 Å². The van der Waals surface area contributed by atoms with E-state index in [1.165, 1.54) is 6.92 Å². The van der Waals surface area contributed by atoms with Crippen LogP contribution in [0.4, 0.5) is 17.6 Å². The van der Waals surface area contributed by atoms with Gasteiger partial charge in [-0.25, -0.2) is 9.18 Å². The lowest BCUT2D eigenvalue weighted by Crippen LogP contribution is -2.32. The fraction of sp³-hybridized carbons (Fsp3) is 0.417. The number of hydrogen-bond acceptors (Lipinski definition) is 3. The Kier molecular flexibility index (Phi) is 7.63. The van der Waals surface area contributed by atoms with Gasteiger partial charge in [-0.1, -0.05) is 15.9 Å². The minimum Gasteiger partial charge on any atom is -0.464 e. The van der Waals surface area contributed by atoms with E-state index in [4.69, 9.17) is 5.73 Å². The van der Waals surface area contributed by atoms with Crippen molar-refractivity contribution in [1.82, 2.24) is 0 Å². The summed E-state index contributed by atoms with van der Waals surface area (Å²) in [4.78, 5) is 11.2. The third kappa shape index (κ3) is 5.12. The normalized spacial score (nSPS) is 14.0. The van der Waals surface area contributed by atoms with Gasteiger partial charge in [0.1, 0.15) is 0 Å². The molecule has 0 aliphatic heterocycles. The number of carbonyl (C=O) groups is 1. The van der Waals surface area contributed by atoms with Crippen LogP contribution in [0, 0.1) is 0 Å². The van der Waals surface area contributed by atoms with Crippen LogP contribution in [0.15, 0.2) is 22.7 Å². The number of halogens is 6. The fourth-order valence-corrected chi connectivity index (χ4v) is 2.01. The molecule has 120 valence electrons. The lowest BCUT2D eigenvalue weighted by atomic mass is 10.0. The summed E-state index contributed by atoms with van der Waals surface area (Å²) in [6.07, 6.45) is -6.82. The van der Waals surface area contributed by atoms with E-state index >= 15 is 0 Å². The molecule has 0 aliphatic rings. The monoisotopic (exact) mass is 393 g/mol. The van der Waals surface area contributed by atoms with Gasteiger partial charge < -0.3 is 10.5 Å². The first-order valence-corrected chi connectivity index (χ1v) is 6.40. The van der Waals surface area contributed by atoms with E-state index in [0.29, 0.717) is 6.07 Å². The highest BCUT2D eigenvalue weighted by Gasteiger charge is 2.34. The number of carbonyl (C=O) groups excluding carboxylic acids is 1. The molecule has 1 unspecified atom stereocenters. The SMILES string of the molecule is CCOC(=O)C(F)[C@@H](N)c1cc(C(F)(F)F)ccc1Br.Cl. The average Bonchev–Trinajstić information content (AvgIpc) is 2.36. The molecular formula is C12H13BrClF4NO2. The zero-order valence-corrected chi connectivity index (χ0v) is 13.2. The number of nitrogens with two attached hydrogens (primary N) is 1. The van der Waals surface area contributed by atoms with Crippen molar-refractivity contribution in [3.63, 3.8) is 0 Å². The van der Waals surface area contributed by atoms with Crippen molar-refractivity contribution in [1.29, 1.82) is 0 Å². The highest BCUT2D eigenvalue weighted by molar-refractivity contribution is 9.10. The van der Waals surface area contributed by atoms with Crippen LogP contribution in [-0.2, 0) is 15.7 Å². The molecule has 1 aromatic rings. The summed E-state index contributed by atoms with van der Waals surface area (Å²) in [5, 5.41) is 0. The van der Waals surface area contributed by atoms with Gasteiger partial charge in [0.25, 0.3) is 0 Å². The van der Waals surface area contributed by atoms with Crippen molar-refractivity contribution in [2.75, 3.05) is 6.61 Å². The number of hydrogen-bond donors (Lipinski definition) is 1. The molecule has 2 N–H and O–H groups in total. The summed E-state index contributed by atoms with van der Waals surface area (Å²) in [6.45, 7) is 1.44. The van der Waals surface area contributed by atoms with Gasteiger partial charge in [0.2, 0.25) is 6.17 Å². The summed E-state index contributed by atoms with van der Waals surface area (Å²) in [5.41, 5.74) is 4.39. The second-order valence-corrected chi connectivity index (χ2v) is 4.77. The first-order chi connectivity index (χ1) is 9.18. The number of ether oxygens (including phenoxy) is 1. The Labute approximate surface area is 133 Å². The van der Waals surface area contributed by atoms with Crippen molar-refractivity contribution >= 4 is 34.3 Å². The second-order valence-electron chi connectivity index (χ2n) is 3.91. The van der Waals surface area contributed by atoms with Gasteiger partial charge in [-0.2, -0.15) is 13.2 Å². The molecular weight excluding hydrogens is 381 g/mol. The van der Waals surface area contributed by atoms with Gasteiger partial charge in [0, 0.05) is 4.47 Å². The molecule has 0 bridgehead atoms. The van der Waals surface area contributed by atoms with Crippen molar-refractivity contribution in [2.45, 2.75) is 25.3 Å². The van der Waals surface area contributed by atoms with Crippen molar-refractivity contribution < 1.29 is 27.1 Å². The van der Waals surface area contributed by atoms with Crippen LogP contribution >= 0.6 is 28.3 Å². The lowest BCUT2D eigenvalue weighted by Gasteiger charge is -2.18. The quantitative estimate of drug-likeness (QED) is 0.624. The summed E-state index contributed by atoms with van der Waals surface area (Å²) in [7, 11) is 0. The lowest BCUT2D eigenvalue weighted by molar-refractivity contribution is -0.149. The van der Waals surface area contributed by atoms with Crippen LogP contribution in [0.3, 0.4) is 0 Å². The highest BCUT2D eigenvalue weighted by atomic mass is 79.9. The van der Waals surface area contributed by atoms with Crippen molar-refractivity contribution in [3.8, 4) is 0 Å². The van der Waals surface area contributed by atoms with Gasteiger partial charge in [0.15, 0.2) is 0 Å². The van der Waals surface area contributed by atoms with E-state index in [0.717, 1.165) is 12.1 Å². The fourth-order valence-electron chi connectivity index (χ4n) is 1.50. The molecule has 9 heteroatoms. The largest absolute Gasteiger partial charge is 0.464 e. The molecule has 1 rings (SSSR count). The Balaban J connectivity index is 0.00000400. The molecule has 21 heavy (non-hydrogen) atoms. The Morgan fingerprint density at radius 3 is 2.48 bits per heavy atom. The van der Waals surface area contributed by atoms with Crippen molar-refractivity contribution in [3.05, 3.63) is 33.8 Å². The van der Waals surface area contributed by atoms with Crippen LogP contribution < -0.4 is 5.73 Å². The van der Waals surface area contributed by atoms with E-state index in [1.54, 1.807) is 0 Å². The zero-order chi connectivity index (χ0) is 15.5. The second kappa shape index (κ2) is 7.95. The molecule has 0 saturated heterocycles. The van der Waals surface area contributed by atoms with E-state index in [9.17, 15) is 22.4 Å². The molecule has 0 amide bonds. The first kappa shape index (κ1) is 20.1. The van der Waals surface area contributed by atoms with Gasteiger partial charge in [0.05, 0.1) is 18.2 Å². The molecule has 0 spiro atoms. The molecule has 1 aromatic carbocycles. The Morgan fingerprint density at radius 1 is 1.43 bits per heavy atom. The topological polar surface area (TPSA) is 52.3 Å². The minimum absolute atomic E-state index is 0. The standard InChI is InChI=1S/C12H12BrF4NO2.ClH/c1-2-20-11(19)9(14)10(18)7-5-6(12(15,16)17)3-4-8(7)13;/h3-5,9-10H,2,18H2,1H3;1H/t9?,10-;/m0./s1. The molecule has 0 heterocycles. The predicted octanol–water partition coefficient (Wildman–Crippen LogP) is 3.79. The Hall–Kier alpha value is -0.860. The number of esters is 1. The average molecular weight is 395 g/mol. The molecule has 0 aliphatic carbocycles. The van der Waals surface area contributed by atoms with Crippen LogP contribution in [0.1, 0.15) is 24.1 Å². The summed E-state index contributed by atoms with van der Waals surface area (Å²) < 4.78 is 56.2. The predicted molar refractivity (Wildman–Crippen MR) is 74.8 cm³/mol. The maximum absolute atomic E-state index is 13.8. The van der Waals surface area contributed by atoms with Gasteiger partial charge >= 0.3 is 12.1 Å². The smallest absolute Gasteiger partial charge is 0.416 e. The molecule has 3 nitrogen and oxygen atoms in total. The van der Waals surface area contributed by atoms with Crippen molar-refractivity contribution in [2.24, 2.45) is 5.73 Å². The van der Waals surface area contributed by atoms with Crippen LogP contribution in [0.2, 0.25) is 0 Å². The number of rotatable bonds is 4.